The summed E-state index contributed by atoms with van der Waals surface area (Å²) in [6.07, 6.45) is 13.7. The lowest BCUT2D eigenvalue weighted by Gasteiger charge is -2.38. The van der Waals surface area contributed by atoms with Crippen molar-refractivity contribution in [2.45, 2.75) is 124 Å². The third-order valence-electron chi connectivity index (χ3n) is 10.4. The van der Waals surface area contributed by atoms with Crippen LogP contribution in [0.4, 0.5) is 14.5 Å². The summed E-state index contributed by atoms with van der Waals surface area (Å²) in [5.41, 5.74) is 5.81. The molecule has 2 atom stereocenters. The van der Waals surface area contributed by atoms with Crippen LogP contribution in [0.3, 0.4) is 0 Å². The summed E-state index contributed by atoms with van der Waals surface area (Å²) < 4.78 is 32.2. The quantitative estimate of drug-likeness (QED) is 0.0483. The summed E-state index contributed by atoms with van der Waals surface area (Å²) in [5.74, 6) is 1.22. The van der Waals surface area contributed by atoms with Crippen LogP contribution in [-0.4, -0.2) is 48.8 Å². The molecule has 0 bridgehead atoms. The fourth-order valence-electron chi connectivity index (χ4n) is 6.86. The van der Waals surface area contributed by atoms with E-state index in [4.69, 9.17) is 4.74 Å². The summed E-state index contributed by atoms with van der Waals surface area (Å²) in [5, 5.41) is 3.75. The fourth-order valence-corrected chi connectivity index (χ4v) is 7.17. The van der Waals surface area contributed by atoms with Crippen molar-refractivity contribution in [3.05, 3.63) is 106 Å². The molecule has 1 saturated carbocycles. The molecule has 1 fully saturated rings. The van der Waals surface area contributed by atoms with Crippen LogP contribution < -0.4 is 10.1 Å². The molecular formula is C46H64F2N3O4P. The van der Waals surface area contributed by atoms with Crippen molar-refractivity contribution in [3.63, 3.8) is 0 Å². The molecule has 0 radical (unpaired) electrons. The number of alkyl halides is 2. The first kappa shape index (κ1) is 48.1. The molecule has 56 heavy (non-hydrogen) atoms. The van der Waals surface area contributed by atoms with E-state index in [1.54, 1.807) is 0 Å². The van der Waals surface area contributed by atoms with E-state index in [0.717, 1.165) is 44.3 Å². The normalized spacial score (nSPS) is 16.5. The van der Waals surface area contributed by atoms with Crippen LogP contribution in [0.1, 0.15) is 138 Å². The number of aliphatic imine (C=N–C) groups is 1. The molecule has 306 valence electrons. The number of likely N-dealkylation sites (N-methyl/N-ethyl adjacent to an activating group) is 1. The minimum Gasteiger partial charge on any atom is -0.424 e. The topological polar surface area (TPSA) is 88.1 Å². The number of allylic oxidation sites excluding steroid dienone is 2. The number of ether oxygens (including phenoxy) is 1. The van der Waals surface area contributed by atoms with Gasteiger partial charge in [0.25, 0.3) is 5.66 Å². The maximum atomic E-state index is 13.3. The van der Waals surface area contributed by atoms with Gasteiger partial charge < -0.3 is 10.1 Å². The number of anilines is 1. The van der Waals surface area contributed by atoms with Crippen LogP contribution in [0, 0.1) is 12.8 Å². The number of benzene rings is 2. The highest BCUT2D eigenvalue weighted by Crippen LogP contribution is 2.42. The number of esters is 1. The van der Waals surface area contributed by atoms with Gasteiger partial charge in [0.15, 0.2) is 17.8 Å². The summed E-state index contributed by atoms with van der Waals surface area (Å²) in [7, 11) is 3.72. The number of ketones is 1. The second-order valence-electron chi connectivity index (χ2n) is 14.7. The van der Waals surface area contributed by atoms with Crippen LogP contribution in [0.25, 0.3) is 0 Å². The fraction of sp³-hybridized carbons (Fsp3) is 0.478. The maximum absolute atomic E-state index is 13.3. The standard InChI is InChI=1S/C28H42N2O2.C12H12F2NOP.C6H10O/c1-7-11-23(19(4)8-2)28-25(16-17-30(6)26(28)9-3)29-24-15-14-22(21-12-10-13-21)18-27(24)32-20(5)31;1-3-15-6-10-8(2)11(12(13,14)17)5-4-9(10)7-16;1-4-6(7)5(2)3/h14-15,18,21,26,29H,7-13,16-17H2,1-6H3;3-7H,1,17H2,2H3;4-5H,1H2,2-3H3. The Morgan fingerprint density at radius 2 is 1.80 bits per heavy atom. The Balaban J connectivity index is 0.000000375. The van der Waals surface area contributed by atoms with E-state index in [-0.39, 0.29) is 23.2 Å². The van der Waals surface area contributed by atoms with Gasteiger partial charge in [-0.15, -0.1) is 0 Å². The van der Waals surface area contributed by atoms with E-state index >= 15 is 0 Å². The highest BCUT2D eigenvalue weighted by atomic mass is 31.0. The van der Waals surface area contributed by atoms with Crippen LogP contribution in [-0.2, 0) is 15.3 Å². The Labute approximate surface area is 337 Å². The van der Waals surface area contributed by atoms with Crippen molar-refractivity contribution in [1.29, 1.82) is 0 Å². The number of carbonyl (C=O) groups excluding carboxylic acids is 3. The molecule has 0 amide bonds. The third kappa shape index (κ3) is 13.5. The smallest absolute Gasteiger partial charge is 0.308 e. The molecule has 1 heterocycles. The van der Waals surface area contributed by atoms with Gasteiger partial charge in [0, 0.05) is 66.7 Å². The average molecular weight is 792 g/mol. The number of nitrogens with one attached hydrogen (secondary N) is 1. The van der Waals surface area contributed by atoms with Crippen LogP contribution in [0.15, 0.2) is 83.2 Å². The average Bonchev–Trinajstić information content (AvgIpc) is 3.13. The van der Waals surface area contributed by atoms with Crippen molar-refractivity contribution in [2.24, 2.45) is 10.9 Å². The van der Waals surface area contributed by atoms with Crippen LogP contribution >= 0.6 is 9.24 Å². The van der Waals surface area contributed by atoms with E-state index in [2.05, 4.69) is 81.3 Å². The summed E-state index contributed by atoms with van der Waals surface area (Å²) in [6.45, 7) is 23.6. The lowest BCUT2D eigenvalue weighted by Crippen LogP contribution is -2.40. The zero-order chi connectivity index (χ0) is 42.2. The van der Waals surface area contributed by atoms with Crippen molar-refractivity contribution in [3.8, 4) is 5.75 Å². The number of carbonyl (C=O) groups is 3. The molecule has 0 saturated heterocycles. The van der Waals surface area contributed by atoms with Crippen molar-refractivity contribution >= 4 is 39.2 Å². The third-order valence-corrected chi connectivity index (χ3v) is 10.7. The van der Waals surface area contributed by atoms with Gasteiger partial charge in [0.05, 0.1) is 5.69 Å². The molecule has 0 aromatic heterocycles. The largest absolute Gasteiger partial charge is 0.424 e. The maximum Gasteiger partial charge on any atom is 0.308 e. The molecule has 1 N–H and O–H groups in total. The minimum absolute atomic E-state index is 0.109. The van der Waals surface area contributed by atoms with Crippen LogP contribution in [0.2, 0.25) is 0 Å². The number of aldehydes is 1. The molecule has 2 unspecified atom stereocenters. The Hall–Kier alpha value is -4.07. The molecule has 1 aliphatic heterocycles. The molecular weight excluding hydrogens is 727 g/mol. The Morgan fingerprint density at radius 1 is 1.12 bits per heavy atom. The van der Waals surface area contributed by atoms with E-state index < -0.39 is 5.66 Å². The molecule has 4 rings (SSSR count). The Kier molecular flexibility index (Phi) is 19.9. The zero-order valence-corrected chi connectivity index (χ0v) is 36.2. The summed E-state index contributed by atoms with van der Waals surface area (Å²) in [6, 6.07) is 9.42. The summed E-state index contributed by atoms with van der Waals surface area (Å²) >= 11 is 0. The highest BCUT2D eigenvalue weighted by molar-refractivity contribution is 7.17. The predicted molar refractivity (Wildman–Crippen MR) is 232 cm³/mol. The molecule has 1 aliphatic carbocycles. The Bertz CT molecular complexity index is 1790. The molecule has 10 heteroatoms. The van der Waals surface area contributed by atoms with Gasteiger partial charge in [-0.3, -0.25) is 24.3 Å². The number of hydrogen-bond acceptors (Lipinski definition) is 7. The predicted octanol–water partition coefficient (Wildman–Crippen LogP) is 11.9. The molecule has 2 aromatic rings. The van der Waals surface area contributed by atoms with Crippen molar-refractivity contribution < 1.29 is 27.9 Å². The SMILES string of the molecule is C=CC(=O)C(C)C.C=CN=Cc1c(C=O)ccc(C(F)(F)P)c1C.CCCC(=C(C)CC)C1=C(Nc2ccc(C3CCC3)cc2OC(C)=O)CCN(C)C1CC. The number of nitrogens with zero attached hydrogens (tertiary/aromatic N) is 2. The van der Waals surface area contributed by atoms with Crippen molar-refractivity contribution in [2.75, 3.05) is 18.9 Å². The zero-order valence-electron chi connectivity index (χ0n) is 35.1. The van der Waals surface area contributed by atoms with Gasteiger partial charge in [-0.2, -0.15) is 8.78 Å². The second kappa shape index (κ2) is 23.2. The van der Waals surface area contributed by atoms with Gasteiger partial charge in [-0.25, -0.2) is 0 Å². The second-order valence-corrected chi connectivity index (χ2v) is 15.4. The van der Waals surface area contributed by atoms with Gasteiger partial charge in [-0.05, 0) is 99.4 Å². The lowest BCUT2D eigenvalue weighted by atomic mass is 9.80. The monoisotopic (exact) mass is 791 g/mol. The van der Waals surface area contributed by atoms with E-state index in [0.29, 0.717) is 40.7 Å². The van der Waals surface area contributed by atoms with Gasteiger partial charge in [-0.1, -0.05) is 93.6 Å². The molecule has 2 aliphatic rings. The summed E-state index contributed by atoms with van der Waals surface area (Å²) in [4.78, 5) is 39.3. The lowest BCUT2D eigenvalue weighted by molar-refractivity contribution is -0.131. The molecule has 7 nitrogen and oxygen atoms in total. The number of hydrogen-bond donors (Lipinski definition) is 1. The van der Waals surface area contributed by atoms with Gasteiger partial charge in [0.1, 0.15) is 0 Å². The van der Waals surface area contributed by atoms with Crippen LogP contribution in [0.5, 0.6) is 5.75 Å². The van der Waals surface area contributed by atoms with Gasteiger partial charge in [0.2, 0.25) is 0 Å². The number of rotatable bonds is 15. The van der Waals surface area contributed by atoms with E-state index in [1.807, 2.05) is 13.8 Å². The van der Waals surface area contributed by atoms with Crippen molar-refractivity contribution in [1.82, 2.24) is 4.90 Å². The first-order chi connectivity index (χ1) is 26.5. The highest BCUT2D eigenvalue weighted by Gasteiger charge is 2.30. The van der Waals surface area contributed by atoms with Gasteiger partial charge >= 0.3 is 5.97 Å². The van der Waals surface area contributed by atoms with E-state index in [9.17, 15) is 23.2 Å². The minimum atomic E-state index is -3.03. The molecule has 2 aromatic carbocycles. The van der Waals surface area contributed by atoms with E-state index in [1.165, 1.54) is 101 Å². The Morgan fingerprint density at radius 3 is 2.27 bits per heavy atom. The number of halogens is 2. The molecule has 0 spiro atoms. The first-order valence-corrected chi connectivity index (χ1v) is 20.3. The first-order valence-electron chi connectivity index (χ1n) is 19.8.